The van der Waals surface area contributed by atoms with E-state index in [-0.39, 0.29) is 11.2 Å². The van der Waals surface area contributed by atoms with Gasteiger partial charge in [-0.2, -0.15) is 0 Å². The lowest BCUT2D eigenvalue weighted by Gasteiger charge is -2.33. The summed E-state index contributed by atoms with van der Waals surface area (Å²) >= 11 is 0. The average molecular weight is 325 g/mol. The molecular weight excluding hydrogens is 302 g/mol. The Bertz CT molecular complexity index is 895. The molecular formula is C20H23NO3. The van der Waals surface area contributed by atoms with E-state index < -0.39 is 0 Å². The van der Waals surface area contributed by atoms with Crippen molar-refractivity contribution in [1.82, 2.24) is 0 Å². The maximum absolute atomic E-state index is 12.9. The molecule has 1 saturated heterocycles. The molecule has 0 bridgehead atoms. The third kappa shape index (κ3) is 2.36. The number of carbonyl (C=O) groups is 1. The summed E-state index contributed by atoms with van der Waals surface area (Å²) in [4.78, 5) is 27.1. The van der Waals surface area contributed by atoms with Gasteiger partial charge in [0.2, 0.25) is 5.88 Å². The molecule has 1 saturated carbocycles. The Morgan fingerprint density at radius 2 is 1.79 bits per heavy atom. The zero-order chi connectivity index (χ0) is 17.1. The minimum absolute atomic E-state index is 0.0239. The molecule has 1 aliphatic carbocycles. The van der Waals surface area contributed by atoms with Crippen LogP contribution in [0.2, 0.25) is 0 Å². The van der Waals surface area contributed by atoms with Gasteiger partial charge in [0.15, 0.2) is 16.8 Å². The lowest BCUT2D eigenvalue weighted by molar-refractivity contribution is 0.101. The third-order valence-corrected chi connectivity index (χ3v) is 5.79. The molecule has 4 rings (SSSR count). The molecule has 0 radical (unpaired) electrons. The number of aryl methyl sites for hydroxylation is 1. The van der Waals surface area contributed by atoms with Gasteiger partial charge in [0.05, 0.1) is 16.5 Å². The number of hydrogen-bond donors (Lipinski definition) is 0. The summed E-state index contributed by atoms with van der Waals surface area (Å²) in [6.45, 7) is 7.10. The zero-order valence-corrected chi connectivity index (χ0v) is 14.6. The quantitative estimate of drug-likeness (QED) is 0.783. The smallest absolute Gasteiger partial charge is 0.202 e. The molecule has 1 spiro atoms. The highest BCUT2D eigenvalue weighted by molar-refractivity contribution is 6.05. The molecule has 24 heavy (non-hydrogen) atoms. The van der Waals surface area contributed by atoms with Crippen molar-refractivity contribution in [1.29, 1.82) is 0 Å². The highest BCUT2D eigenvalue weighted by atomic mass is 16.4. The first-order valence-corrected chi connectivity index (χ1v) is 8.74. The minimum Gasteiger partial charge on any atom is -0.439 e. The van der Waals surface area contributed by atoms with Crippen LogP contribution < -0.4 is 10.3 Å². The Morgan fingerprint density at radius 1 is 1.12 bits per heavy atom. The number of nitrogens with zero attached hydrogens (tertiary/aromatic N) is 1. The molecule has 2 fully saturated rings. The summed E-state index contributed by atoms with van der Waals surface area (Å²) in [5.74, 6) is 0.576. The maximum atomic E-state index is 12.9. The molecule has 0 atom stereocenters. The second kappa shape index (κ2) is 5.20. The maximum Gasteiger partial charge on any atom is 0.202 e. The Hall–Kier alpha value is -2.10. The van der Waals surface area contributed by atoms with E-state index in [4.69, 9.17) is 4.42 Å². The van der Waals surface area contributed by atoms with Gasteiger partial charge in [-0.3, -0.25) is 9.59 Å². The van der Waals surface area contributed by atoms with Crippen molar-refractivity contribution in [2.45, 2.75) is 46.5 Å². The second-order valence-corrected chi connectivity index (χ2v) is 7.59. The predicted molar refractivity (Wildman–Crippen MR) is 95.1 cm³/mol. The van der Waals surface area contributed by atoms with E-state index in [0.29, 0.717) is 33.4 Å². The van der Waals surface area contributed by atoms with Gasteiger partial charge in [-0.15, -0.1) is 0 Å². The Labute approximate surface area is 141 Å². The highest BCUT2D eigenvalue weighted by Crippen LogP contribution is 2.54. The van der Waals surface area contributed by atoms with Crippen LogP contribution in [0.4, 0.5) is 5.88 Å². The first kappa shape index (κ1) is 15.4. The van der Waals surface area contributed by atoms with Crippen LogP contribution in [0.3, 0.4) is 0 Å². The molecule has 1 aromatic heterocycles. The van der Waals surface area contributed by atoms with Crippen molar-refractivity contribution in [3.63, 3.8) is 0 Å². The van der Waals surface area contributed by atoms with Crippen LogP contribution in [-0.4, -0.2) is 18.9 Å². The van der Waals surface area contributed by atoms with Crippen molar-refractivity contribution in [2.24, 2.45) is 5.41 Å². The lowest BCUT2D eigenvalue weighted by Crippen LogP contribution is -2.35. The normalized spacial score (nSPS) is 19.0. The van der Waals surface area contributed by atoms with Crippen molar-refractivity contribution in [3.8, 4) is 0 Å². The van der Waals surface area contributed by atoms with E-state index in [1.165, 1.54) is 32.6 Å². The van der Waals surface area contributed by atoms with Crippen LogP contribution in [0.25, 0.3) is 11.0 Å². The number of ketones is 1. The molecule has 1 aromatic carbocycles. The fourth-order valence-electron chi connectivity index (χ4n) is 3.95. The SMILES string of the molecule is CC(=O)c1cc(C)cc2c(=O)c(C)c(N3CCC4(CC3)CC4)oc12. The molecule has 4 heteroatoms. The van der Waals surface area contributed by atoms with E-state index >= 15 is 0 Å². The predicted octanol–water partition coefficient (Wildman–Crippen LogP) is 3.99. The van der Waals surface area contributed by atoms with Crippen molar-refractivity contribution >= 4 is 22.6 Å². The Balaban J connectivity index is 1.86. The van der Waals surface area contributed by atoms with Crippen molar-refractivity contribution in [3.05, 3.63) is 39.0 Å². The van der Waals surface area contributed by atoms with Crippen molar-refractivity contribution in [2.75, 3.05) is 18.0 Å². The molecule has 0 unspecified atom stereocenters. The number of rotatable bonds is 2. The highest BCUT2D eigenvalue weighted by Gasteiger charge is 2.44. The molecule has 4 nitrogen and oxygen atoms in total. The second-order valence-electron chi connectivity index (χ2n) is 7.59. The molecule has 2 heterocycles. The largest absolute Gasteiger partial charge is 0.439 e. The number of carbonyl (C=O) groups excluding carboxylic acids is 1. The average Bonchev–Trinajstić information content (AvgIpc) is 3.31. The van der Waals surface area contributed by atoms with Crippen LogP contribution >= 0.6 is 0 Å². The lowest BCUT2D eigenvalue weighted by atomic mass is 9.93. The Kier molecular flexibility index (Phi) is 3.34. The fraction of sp³-hybridized carbons (Fsp3) is 0.500. The number of hydrogen-bond acceptors (Lipinski definition) is 4. The number of anilines is 1. The van der Waals surface area contributed by atoms with Crippen LogP contribution in [0.15, 0.2) is 21.3 Å². The van der Waals surface area contributed by atoms with Gasteiger partial charge >= 0.3 is 0 Å². The number of benzene rings is 1. The molecule has 126 valence electrons. The van der Waals surface area contributed by atoms with E-state index in [1.54, 1.807) is 0 Å². The van der Waals surface area contributed by atoms with Gasteiger partial charge in [0, 0.05) is 13.1 Å². The summed E-state index contributed by atoms with van der Waals surface area (Å²) in [5, 5.41) is 0.511. The first-order valence-electron chi connectivity index (χ1n) is 8.74. The van der Waals surface area contributed by atoms with Crippen molar-refractivity contribution < 1.29 is 9.21 Å². The van der Waals surface area contributed by atoms with Crippen LogP contribution in [0.5, 0.6) is 0 Å². The van der Waals surface area contributed by atoms with Gasteiger partial charge < -0.3 is 9.32 Å². The molecule has 2 aromatic rings. The topological polar surface area (TPSA) is 50.5 Å². The van der Waals surface area contributed by atoms with Crippen LogP contribution in [-0.2, 0) is 0 Å². The molecule has 1 aliphatic heterocycles. The first-order chi connectivity index (χ1) is 11.4. The third-order valence-electron chi connectivity index (χ3n) is 5.79. The van der Waals surface area contributed by atoms with E-state index in [0.717, 1.165) is 18.7 Å². The minimum atomic E-state index is -0.0720. The van der Waals surface area contributed by atoms with Crippen LogP contribution in [0.1, 0.15) is 54.1 Å². The van der Waals surface area contributed by atoms with Crippen LogP contribution in [0, 0.1) is 19.3 Å². The Morgan fingerprint density at radius 3 is 2.38 bits per heavy atom. The van der Waals surface area contributed by atoms with Gasteiger partial charge in [-0.1, -0.05) is 0 Å². The summed E-state index contributed by atoms with van der Waals surface area (Å²) in [6, 6.07) is 3.63. The van der Waals surface area contributed by atoms with Gasteiger partial charge in [0.1, 0.15) is 0 Å². The molecule has 0 N–H and O–H groups in total. The fourth-order valence-corrected chi connectivity index (χ4v) is 3.95. The summed E-state index contributed by atoms with van der Waals surface area (Å²) < 4.78 is 6.15. The van der Waals surface area contributed by atoms with E-state index in [9.17, 15) is 9.59 Å². The molecule has 2 aliphatic rings. The molecule has 0 amide bonds. The van der Waals surface area contributed by atoms with E-state index in [2.05, 4.69) is 4.90 Å². The van der Waals surface area contributed by atoms with Gasteiger partial charge in [-0.25, -0.2) is 0 Å². The number of Topliss-reactive ketones (excluding diaryl/α,β-unsaturated/α-hetero) is 1. The monoisotopic (exact) mass is 325 g/mol. The summed E-state index contributed by atoms with van der Waals surface area (Å²) in [7, 11) is 0. The number of fused-ring (bicyclic) bond motifs is 1. The summed E-state index contributed by atoms with van der Waals surface area (Å²) in [5.41, 5.74) is 3.03. The zero-order valence-electron chi connectivity index (χ0n) is 14.6. The number of piperidine rings is 1. The van der Waals surface area contributed by atoms with E-state index in [1.807, 2.05) is 26.0 Å². The van der Waals surface area contributed by atoms with Gasteiger partial charge in [-0.05, 0) is 69.6 Å². The van der Waals surface area contributed by atoms with Gasteiger partial charge in [0.25, 0.3) is 0 Å². The summed E-state index contributed by atoms with van der Waals surface area (Å²) in [6.07, 6.45) is 5.02. The standard InChI is InChI=1S/C20H23NO3/c1-12-10-15(14(3)22)18-16(11-12)17(23)13(2)19(24-18)21-8-6-20(4-5-20)7-9-21/h10-11H,4-9H2,1-3H3.